The van der Waals surface area contributed by atoms with Gasteiger partial charge in [0.25, 0.3) is 0 Å². The van der Waals surface area contributed by atoms with Crippen molar-refractivity contribution < 1.29 is 19.8 Å². The zero-order valence-corrected chi connectivity index (χ0v) is 9.60. The van der Waals surface area contributed by atoms with E-state index in [4.69, 9.17) is 5.11 Å². The summed E-state index contributed by atoms with van der Waals surface area (Å²) in [7, 11) is 1.71. The molecule has 5 heteroatoms. The Hall–Kier alpha value is -2.56. The van der Waals surface area contributed by atoms with Gasteiger partial charge in [0.05, 0.1) is 11.1 Å². The first kappa shape index (κ1) is 11.9. The SMILES string of the molecule is CNc1ccc2ccc(C(=O)O)c(C(=O)O)c2c1. The number of benzene rings is 2. The standard InChI is InChI=1S/C13H11NO4/c1-14-8-4-2-7-3-5-9(12(15)16)11(13(17)18)10(7)6-8/h2-6,14H,1H3,(H,15,16)(H,17,18). The average Bonchev–Trinajstić information content (AvgIpc) is 2.36. The molecule has 0 aliphatic carbocycles. The Labute approximate surface area is 103 Å². The molecule has 5 nitrogen and oxygen atoms in total. The summed E-state index contributed by atoms with van der Waals surface area (Å²) in [6.07, 6.45) is 0. The van der Waals surface area contributed by atoms with E-state index in [-0.39, 0.29) is 11.1 Å². The van der Waals surface area contributed by atoms with Crippen LogP contribution in [0.5, 0.6) is 0 Å². The van der Waals surface area contributed by atoms with E-state index in [2.05, 4.69) is 5.32 Å². The minimum Gasteiger partial charge on any atom is -0.478 e. The van der Waals surface area contributed by atoms with Gasteiger partial charge >= 0.3 is 11.9 Å². The Kier molecular flexibility index (Phi) is 2.89. The lowest BCUT2D eigenvalue weighted by atomic mass is 9.98. The number of rotatable bonds is 3. The first-order valence-corrected chi connectivity index (χ1v) is 5.25. The number of anilines is 1. The first-order valence-electron chi connectivity index (χ1n) is 5.25. The summed E-state index contributed by atoms with van der Waals surface area (Å²) >= 11 is 0. The highest BCUT2D eigenvalue weighted by Gasteiger charge is 2.19. The quantitative estimate of drug-likeness (QED) is 0.772. The monoisotopic (exact) mass is 245 g/mol. The molecule has 0 saturated heterocycles. The van der Waals surface area contributed by atoms with Crippen molar-refractivity contribution in [2.45, 2.75) is 0 Å². The molecule has 0 heterocycles. The van der Waals surface area contributed by atoms with Gasteiger partial charge in [-0.05, 0) is 29.0 Å². The number of carboxylic acids is 2. The zero-order chi connectivity index (χ0) is 13.3. The fourth-order valence-corrected chi connectivity index (χ4v) is 1.88. The lowest BCUT2D eigenvalue weighted by Crippen LogP contribution is -2.08. The molecule has 2 rings (SSSR count). The Morgan fingerprint density at radius 3 is 2.28 bits per heavy atom. The van der Waals surface area contributed by atoms with Gasteiger partial charge in [0.1, 0.15) is 0 Å². The summed E-state index contributed by atoms with van der Waals surface area (Å²) in [5, 5.41) is 22.2. The van der Waals surface area contributed by atoms with Crippen LogP contribution in [0.25, 0.3) is 10.8 Å². The Bertz CT molecular complexity index is 649. The second kappa shape index (κ2) is 4.37. The summed E-state index contributed by atoms with van der Waals surface area (Å²) < 4.78 is 0. The third-order valence-corrected chi connectivity index (χ3v) is 2.75. The highest BCUT2D eigenvalue weighted by molar-refractivity contribution is 6.12. The maximum atomic E-state index is 11.3. The molecule has 2 aromatic carbocycles. The van der Waals surface area contributed by atoms with Crippen molar-refractivity contribution in [2.24, 2.45) is 0 Å². The van der Waals surface area contributed by atoms with Crippen molar-refractivity contribution in [3.05, 3.63) is 41.5 Å². The fourth-order valence-electron chi connectivity index (χ4n) is 1.88. The lowest BCUT2D eigenvalue weighted by molar-refractivity contribution is 0.0653. The highest BCUT2D eigenvalue weighted by Crippen LogP contribution is 2.25. The highest BCUT2D eigenvalue weighted by atomic mass is 16.4. The average molecular weight is 245 g/mol. The molecule has 0 saturated carbocycles. The molecule has 0 aliphatic heterocycles. The van der Waals surface area contributed by atoms with E-state index in [0.29, 0.717) is 10.8 Å². The largest absolute Gasteiger partial charge is 0.478 e. The van der Waals surface area contributed by atoms with Crippen LogP contribution in [0.4, 0.5) is 5.69 Å². The predicted molar refractivity (Wildman–Crippen MR) is 67.4 cm³/mol. The number of hydrogen-bond acceptors (Lipinski definition) is 3. The summed E-state index contributed by atoms with van der Waals surface area (Å²) in [6, 6.07) is 8.09. The number of carboxylic acid groups (broad SMARTS) is 2. The molecule has 3 N–H and O–H groups in total. The first-order chi connectivity index (χ1) is 8.54. The van der Waals surface area contributed by atoms with Crippen LogP contribution in [-0.4, -0.2) is 29.2 Å². The fraction of sp³-hybridized carbons (Fsp3) is 0.0769. The second-order valence-electron chi connectivity index (χ2n) is 3.78. The molecule has 0 atom stereocenters. The maximum Gasteiger partial charge on any atom is 0.337 e. The van der Waals surface area contributed by atoms with Gasteiger partial charge in [-0.25, -0.2) is 9.59 Å². The maximum absolute atomic E-state index is 11.3. The van der Waals surface area contributed by atoms with Crippen molar-refractivity contribution in [1.82, 2.24) is 0 Å². The molecule has 0 fully saturated rings. The molecule has 0 amide bonds. The molecule has 0 radical (unpaired) electrons. The number of fused-ring (bicyclic) bond motifs is 1. The van der Waals surface area contributed by atoms with Gasteiger partial charge in [0.15, 0.2) is 0 Å². The lowest BCUT2D eigenvalue weighted by Gasteiger charge is -2.08. The molecule has 0 aromatic heterocycles. The van der Waals surface area contributed by atoms with Crippen LogP contribution in [0.15, 0.2) is 30.3 Å². The summed E-state index contributed by atoms with van der Waals surface area (Å²) in [6.45, 7) is 0. The van der Waals surface area contributed by atoms with Crippen LogP contribution < -0.4 is 5.32 Å². The van der Waals surface area contributed by atoms with Crippen molar-refractivity contribution in [2.75, 3.05) is 12.4 Å². The van der Waals surface area contributed by atoms with Crippen molar-refractivity contribution in [1.29, 1.82) is 0 Å². The van der Waals surface area contributed by atoms with Crippen LogP contribution in [0.1, 0.15) is 20.7 Å². The van der Waals surface area contributed by atoms with Gasteiger partial charge in [0, 0.05) is 12.7 Å². The van der Waals surface area contributed by atoms with Crippen LogP contribution in [0.2, 0.25) is 0 Å². The minimum atomic E-state index is -1.25. The van der Waals surface area contributed by atoms with Crippen molar-refractivity contribution in [3.8, 4) is 0 Å². The number of aromatic carboxylic acids is 2. The van der Waals surface area contributed by atoms with Gasteiger partial charge in [-0.2, -0.15) is 0 Å². The van der Waals surface area contributed by atoms with Crippen LogP contribution in [-0.2, 0) is 0 Å². The Balaban J connectivity index is 2.87. The van der Waals surface area contributed by atoms with Gasteiger partial charge in [-0.15, -0.1) is 0 Å². The van der Waals surface area contributed by atoms with E-state index in [1.165, 1.54) is 6.07 Å². The van der Waals surface area contributed by atoms with Gasteiger partial charge in [0.2, 0.25) is 0 Å². The third-order valence-electron chi connectivity index (χ3n) is 2.75. The van der Waals surface area contributed by atoms with Gasteiger partial charge in [-0.3, -0.25) is 0 Å². The van der Waals surface area contributed by atoms with Crippen LogP contribution >= 0.6 is 0 Å². The molecule has 0 aliphatic rings. The van der Waals surface area contributed by atoms with E-state index in [9.17, 15) is 14.7 Å². The summed E-state index contributed by atoms with van der Waals surface area (Å²) in [5.74, 6) is -2.49. The van der Waals surface area contributed by atoms with Crippen LogP contribution in [0.3, 0.4) is 0 Å². The van der Waals surface area contributed by atoms with E-state index < -0.39 is 11.9 Å². The van der Waals surface area contributed by atoms with E-state index >= 15 is 0 Å². The smallest absolute Gasteiger partial charge is 0.337 e. The summed E-state index contributed by atoms with van der Waals surface area (Å²) in [5.41, 5.74) is 0.341. The minimum absolute atomic E-state index is 0.183. The predicted octanol–water partition coefficient (Wildman–Crippen LogP) is 2.28. The van der Waals surface area contributed by atoms with E-state index in [1.807, 2.05) is 0 Å². The van der Waals surface area contributed by atoms with E-state index in [0.717, 1.165) is 5.69 Å². The number of hydrogen-bond donors (Lipinski definition) is 3. The van der Waals surface area contributed by atoms with Gasteiger partial charge in [-0.1, -0.05) is 12.1 Å². The molecular formula is C13H11NO4. The zero-order valence-electron chi connectivity index (χ0n) is 9.60. The molecule has 18 heavy (non-hydrogen) atoms. The molecule has 0 unspecified atom stereocenters. The van der Waals surface area contributed by atoms with Gasteiger partial charge < -0.3 is 15.5 Å². The third kappa shape index (κ3) is 1.86. The Morgan fingerprint density at radius 2 is 1.72 bits per heavy atom. The molecule has 0 spiro atoms. The molecule has 92 valence electrons. The normalized spacial score (nSPS) is 10.3. The topological polar surface area (TPSA) is 86.6 Å². The van der Waals surface area contributed by atoms with Crippen molar-refractivity contribution in [3.63, 3.8) is 0 Å². The molecule has 0 bridgehead atoms. The van der Waals surface area contributed by atoms with Crippen molar-refractivity contribution >= 4 is 28.4 Å². The number of carbonyl (C=O) groups is 2. The summed E-state index contributed by atoms with van der Waals surface area (Å²) in [4.78, 5) is 22.3. The van der Waals surface area contributed by atoms with Crippen LogP contribution in [0, 0.1) is 0 Å². The van der Waals surface area contributed by atoms with E-state index in [1.54, 1.807) is 31.3 Å². The molecule has 2 aromatic rings. The Morgan fingerprint density at radius 1 is 1.06 bits per heavy atom. The molecular weight excluding hydrogens is 234 g/mol. The second-order valence-corrected chi connectivity index (χ2v) is 3.78. The number of nitrogens with one attached hydrogen (secondary N) is 1.